The third-order valence-corrected chi connectivity index (χ3v) is 2.67. The van der Waals surface area contributed by atoms with Gasteiger partial charge in [-0.05, 0) is 18.6 Å². The highest BCUT2D eigenvalue weighted by atomic mass is 35.5. The Morgan fingerprint density at radius 2 is 2.08 bits per heavy atom. The molecule has 0 radical (unpaired) electrons. The van der Waals surface area contributed by atoms with Crippen LogP contribution in [-0.2, 0) is 4.79 Å². The topological polar surface area (TPSA) is 29.4 Å². The molecule has 2 rings (SSSR count). The van der Waals surface area contributed by atoms with Crippen molar-refractivity contribution in [2.45, 2.75) is 12.3 Å². The molecular formula is C10H8ClNO. The molecule has 0 spiro atoms. The van der Waals surface area contributed by atoms with Crippen molar-refractivity contribution < 1.29 is 4.79 Å². The lowest BCUT2D eigenvalue weighted by molar-refractivity contribution is -0.116. The van der Waals surface area contributed by atoms with Crippen molar-refractivity contribution >= 4 is 23.1 Å². The fraction of sp³-hybridized carbons (Fsp3) is 0.200. The lowest BCUT2D eigenvalue weighted by Gasteiger charge is -2.10. The van der Waals surface area contributed by atoms with Crippen LogP contribution in [0.5, 0.6) is 0 Å². The normalized spacial score (nSPS) is 20.9. The molecule has 0 bridgehead atoms. The fourth-order valence-corrected chi connectivity index (χ4v) is 1.57. The van der Waals surface area contributed by atoms with Gasteiger partial charge in [0, 0.05) is 5.22 Å². The number of halogens is 1. The summed E-state index contributed by atoms with van der Waals surface area (Å²) >= 11 is 5.86. The number of carbonyl (C=O) groups excluding carboxylic acids is 1. The van der Waals surface area contributed by atoms with Gasteiger partial charge in [-0.15, -0.1) is 11.6 Å². The Hall–Kier alpha value is -1.15. The van der Waals surface area contributed by atoms with E-state index in [9.17, 15) is 4.79 Å². The van der Waals surface area contributed by atoms with Gasteiger partial charge in [0.15, 0.2) is 0 Å². The molecule has 1 aromatic rings. The highest BCUT2D eigenvalue weighted by Crippen LogP contribution is 2.11. The van der Waals surface area contributed by atoms with Crippen LogP contribution in [-0.4, -0.2) is 11.3 Å². The summed E-state index contributed by atoms with van der Waals surface area (Å²) in [5.74, 6) is -0.266. The van der Waals surface area contributed by atoms with Crippen molar-refractivity contribution in [2.75, 3.05) is 0 Å². The van der Waals surface area contributed by atoms with E-state index < -0.39 is 5.38 Å². The molecule has 13 heavy (non-hydrogen) atoms. The zero-order chi connectivity index (χ0) is 9.42. The molecule has 1 aliphatic rings. The first-order valence-electron chi connectivity index (χ1n) is 4.02. The Morgan fingerprint density at radius 3 is 2.85 bits per heavy atom. The summed E-state index contributed by atoms with van der Waals surface area (Å²) in [6.45, 7) is 1.86. The van der Waals surface area contributed by atoms with E-state index in [0.29, 0.717) is 0 Å². The van der Waals surface area contributed by atoms with Gasteiger partial charge in [-0.3, -0.25) is 4.79 Å². The highest BCUT2D eigenvalue weighted by molar-refractivity contribution is 6.36. The van der Waals surface area contributed by atoms with Crippen LogP contribution in [0.4, 0.5) is 0 Å². The van der Waals surface area contributed by atoms with Crippen LogP contribution in [0, 0.1) is 0 Å². The summed E-state index contributed by atoms with van der Waals surface area (Å²) in [7, 11) is 0. The minimum atomic E-state index is -0.588. The van der Waals surface area contributed by atoms with E-state index in [0.717, 1.165) is 16.1 Å². The number of hydrogen-bond donors (Lipinski definition) is 0. The number of nitrogens with zero attached hydrogens (tertiary/aromatic N) is 1. The SMILES string of the molecule is CC1=c2ccccc2=NC(=O)[C@H]1Cl. The largest absolute Gasteiger partial charge is 0.270 e. The first-order valence-corrected chi connectivity index (χ1v) is 4.46. The number of hydrogen-bond acceptors (Lipinski definition) is 1. The third kappa shape index (κ3) is 1.27. The summed E-state index contributed by atoms with van der Waals surface area (Å²) < 4.78 is 0. The van der Waals surface area contributed by atoms with E-state index in [-0.39, 0.29) is 5.91 Å². The number of alkyl halides is 1. The van der Waals surface area contributed by atoms with Gasteiger partial charge in [-0.1, -0.05) is 18.2 Å². The maximum atomic E-state index is 11.2. The van der Waals surface area contributed by atoms with E-state index in [4.69, 9.17) is 11.6 Å². The van der Waals surface area contributed by atoms with Crippen LogP contribution in [0.1, 0.15) is 6.92 Å². The van der Waals surface area contributed by atoms with Crippen LogP contribution in [0.2, 0.25) is 0 Å². The zero-order valence-corrected chi connectivity index (χ0v) is 7.88. The first-order chi connectivity index (χ1) is 6.20. The molecule has 0 aromatic heterocycles. The third-order valence-electron chi connectivity index (χ3n) is 2.16. The van der Waals surface area contributed by atoms with Crippen LogP contribution in [0.15, 0.2) is 29.3 Å². The number of rotatable bonds is 0. The molecule has 0 N–H and O–H groups in total. The molecule has 0 aliphatic carbocycles. The van der Waals surface area contributed by atoms with Crippen molar-refractivity contribution in [3.63, 3.8) is 0 Å². The predicted molar refractivity (Wildman–Crippen MR) is 51.0 cm³/mol. The summed E-state index contributed by atoms with van der Waals surface area (Å²) in [6, 6.07) is 7.52. The molecule has 1 aliphatic heterocycles. The van der Waals surface area contributed by atoms with Crippen LogP contribution in [0.3, 0.4) is 0 Å². The van der Waals surface area contributed by atoms with Crippen LogP contribution in [0.25, 0.3) is 5.57 Å². The van der Waals surface area contributed by atoms with Gasteiger partial charge in [-0.25, -0.2) is 4.99 Å². The Kier molecular flexibility index (Phi) is 1.93. The van der Waals surface area contributed by atoms with Crippen LogP contribution < -0.4 is 10.6 Å². The zero-order valence-electron chi connectivity index (χ0n) is 7.12. The number of fused-ring (bicyclic) bond motifs is 1. The number of benzene rings is 1. The monoisotopic (exact) mass is 193 g/mol. The van der Waals surface area contributed by atoms with E-state index in [2.05, 4.69) is 4.99 Å². The minimum Gasteiger partial charge on any atom is -0.270 e. The second-order valence-corrected chi connectivity index (χ2v) is 3.45. The lowest BCUT2D eigenvalue weighted by Crippen LogP contribution is -2.36. The molecule has 66 valence electrons. The maximum Gasteiger partial charge on any atom is 0.268 e. The lowest BCUT2D eigenvalue weighted by atomic mass is 10.1. The van der Waals surface area contributed by atoms with Gasteiger partial charge in [0.1, 0.15) is 5.38 Å². The van der Waals surface area contributed by atoms with Crippen molar-refractivity contribution in [2.24, 2.45) is 4.99 Å². The Bertz CT molecular complexity index is 478. The van der Waals surface area contributed by atoms with Gasteiger partial charge >= 0.3 is 0 Å². The Labute approximate surface area is 80.6 Å². The molecule has 2 nitrogen and oxygen atoms in total. The van der Waals surface area contributed by atoms with Crippen LogP contribution >= 0.6 is 11.6 Å². The maximum absolute atomic E-state index is 11.2. The summed E-state index contributed by atoms with van der Waals surface area (Å²) in [6.07, 6.45) is 0. The molecular weight excluding hydrogens is 186 g/mol. The summed E-state index contributed by atoms with van der Waals surface area (Å²) in [5.41, 5.74) is 0.886. The molecule has 1 atom stereocenters. The van der Waals surface area contributed by atoms with Crippen molar-refractivity contribution in [1.82, 2.24) is 0 Å². The molecule has 0 saturated heterocycles. The standard InChI is InChI=1S/C10H8ClNO/c1-6-7-4-2-3-5-8(7)12-10(13)9(6)11/h2-5,9H,1H3/t9-/m0/s1. The van der Waals surface area contributed by atoms with E-state index in [1.54, 1.807) is 0 Å². The van der Waals surface area contributed by atoms with Gasteiger partial charge in [0.25, 0.3) is 5.91 Å². The van der Waals surface area contributed by atoms with Crippen molar-refractivity contribution in [3.05, 3.63) is 34.8 Å². The second kappa shape index (κ2) is 2.96. The van der Waals surface area contributed by atoms with Crippen molar-refractivity contribution in [3.8, 4) is 0 Å². The quantitative estimate of drug-likeness (QED) is 0.556. The average Bonchev–Trinajstić information content (AvgIpc) is 2.15. The minimum absolute atomic E-state index is 0.266. The smallest absolute Gasteiger partial charge is 0.268 e. The van der Waals surface area contributed by atoms with E-state index in [1.165, 1.54) is 0 Å². The van der Waals surface area contributed by atoms with Gasteiger partial charge < -0.3 is 0 Å². The van der Waals surface area contributed by atoms with Gasteiger partial charge in [0.2, 0.25) is 0 Å². The number of carbonyl (C=O) groups is 1. The van der Waals surface area contributed by atoms with E-state index >= 15 is 0 Å². The molecule has 1 aromatic carbocycles. The molecule has 3 heteroatoms. The molecule has 1 amide bonds. The fourth-order valence-electron chi connectivity index (χ4n) is 1.40. The van der Waals surface area contributed by atoms with E-state index in [1.807, 2.05) is 31.2 Å². The number of amides is 1. The molecule has 0 fully saturated rings. The summed E-state index contributed by atoms with van der Waals surface area (Å²) in [4.78, 5) is 15.1. The van der Waals surface area contributed by atoms with Crippen molar-refractivity contribution in [1.29, 1.82) is 0 Å². The summed E-state index contributed by atoms with van der Waals surface area (Å²) in [5, 5.41) is 1.11. The molecule has 0 saturated carbocycles. The number of para-hydroxylation sites is 1. The van der Waals surface area contributed by atoms with Gasteiger partial charge in [0.05, 0.1) is 5.36 Å². The first kappa shape index (κ1) is 8.45. The van der Waals surface area contributed by atoms with Gasteiger partial charge in [-0.2, -0.15) is 0 Å². The second-order valence-electron chi connectivity index (χ2n) is 3.01. The molecule has 1 heterocycles. The predicted octanol–water partition coefficient (Wildman–Crippen LogP) is 0.624. The highest BCUT2D eigenvalue weighted by Gasteiger charge is 2.20. The molecule has 0 unspecified atom stereocenters. The Balaban J connectivity index is 2.89. The Morgan fingerprint density at radius 1 is 1.38 bits per heavy atom. The average molecular weight is 194 g/mol.